The summed E-state index contributed by atoms with van der Waals surface area (Å²) < 4.78 is 37.3. The molecule has 1 saturated heterocycles. The number of carbonyl (C=O) groups excluding carboxylic acids is 1. The first-order valence-corrected chi connectivity index (χ1v) is 13.7. The van der Waals surface area contributed by atoms with E-state index in [1.54, 1.807) is 0 Å². The molecule has 0 aliphatic carbocycles. The van der Waals surface area contributed by atoms with Crippen LogP contribution in [0.4, 0.5) is 11.8 Å². The van der Waals surface area contributed by atoms with Crippen LogP contribution in [0.2, 0.25) is 5.02 Å². The first kappa shape index (κ1) is 29.9. The second-order valence-corrected chi connectivity index (χ2v) is 11.8. The molecule has 3 heterocycles. The number of fused-ring (bicyclic) bond motifs is 1. The van der Waals surface area contributed by atoms with Crippen molar-refractivity contribution < 1.29 is 38.1 Å². The largest absolute Gasteiger partial charge is 0.468 e. The summed E-state index contributed by atoms with van der Waals surface area (Å²) in [7, 11) is -1.87. The Kier molecular flexibility index (Phi) is 8.01. The zero-order chi connectivity index (χ0) is 29.6. The summed E-state index contributed by atoms with van der Waals surface area (Å²) in [5.74, 6) is 5.17. The lowest BCUT2D eigenvalue weighted by Crippen LogP contribution is -2.48. The maximum absolute atomic E-state index is 14.0. The molecule has 40 heavy (non-hydrogen) atoms. The number of hydrogen-bond acceptors (Lipinski definition) is 14. The molecule has 4 rings (SSSR count). The van der Waals surface area contributed by atoms with Gasteiger partial charge in [0.15, 0.2) is 23.2 Å². The zero-order valence-electron chi connectivity index (χ0n) is 22.2. The lowest BCUT2D eigenvalue weighted by atomic mass is 9.99. The fourth-order valence-corrected chi connectivity index (χ4v) is 5.89. The monoisotopic (exact) mass is 600 g/mol. The molecule has 0 amide bonds. The Morgan fingerprint density at radius 3 is 2.58 bits per heavy atom. The highest BCUT2D eigenvalue weighted by Crippen LogP contribution is 2.52. The molecule has 0 spiro atoms. The van der Waals surface area contributed by atoms with Crippen LogP contribution in [-0.4, -0.2) is 73.4 Å². The molecule has 7 N–H and O–H groups in total. The number of aromatic nitrogens is 4. The van der Waals surface area contributed by atoms with E-state index < -0.39 is 43.5 Å². The number of carbonyl (C=O) groups is 1. The molecule has 1 fully saturated rings. The minimum atomic E-state index is -4.55. The van der Waals surface area contributed by atoms with Gasteiger partial charge in [-0.3, -0.25) is 18.9 Å². The normalized spacial score (nSPS) is 24.6. The van der Waals surface area contributed by atoms with Gasteiger partial charge in [-0.2, -0.15) is 15.1 Å². The number of nitrogens with one attached hydrogen (secondary N) is 1. The van der Waals surface area contributed by atoms with Gasteiger partial charge >= 0.3 is 13.7 Å². The van der Waals surface area contributed by atoms with Crippen molar-refractivity contribution in [1.29, 1.82) is 0 Å². The third-order valence-corrected chi connectivity index (χ3v) is 8.04. The van der Waals surface area contributed by atoms with Crippen LogP contribution in [0.25, 0.3) is 11.2 Å². The summed E-state index contributed by atoms with van der Waals surface area (Å²) in [6, 6.07) is 5.81. The molecule has 3 aromatic rings. The van der Waals surface area contributed by atoms with E-state index in [1.165, 1.54) is 68.0 Å². The summed E-state index contributed by atoms with van der Waals surface area (Å²) in [5.41, 5.74) is 2.57. The van der Waals surface area contributed by atoms with Crippen LogP contribution in [0.5, 0.6) is 5.75 Å². The van der Waals surface area contributed by atoms with Gasteiger partial charge in [-0.1, -0.05) is 11.6 Å². The van der Waals surface area contributed by atoms with Gasteiger partial charge in [0.25, 0.3) is 0 Å². The van der Waals surface area contributed by atoms with Gasteiger partial charge in [0.2, 0.25) is 12.2 Å². The molecule has 1 aromatic carbocycles. The first-order chi connectivity index (χ1) is 18.6. The van der Waals surface area contributed by atoms with E-state index in [2.05, 4.69) is 20.0 Å². The van der Waals surface area contributed by atoms with Crippen LogP contribution in [0.15, 0.2) is 30.6 Å². The molecule has 0 radical (unpaired) electrons. The predicted molar refractivity (Wildman–Crippen MR) is 143 cm³/mol. The van der Waals surface area contributed by atoms with E-state index in [0.717, 1.165) is 7.11 Å². The zero-order valence-corrected chi connectivity index (χ0v) is 23.8. The molecule has 5 atom stereocenters. The van der Waals surface area contributed by atoms with Crippen LogP contribution in [0, 0.1) is 0 Å². The Morgan fingerprint density at radius 2 is 1.98 bits per heavy atom. The van der Waals surface area contributed by atoms with E-state index in [9.17, 15) is 19.6 Å². The third kappa shape index (κ3) is 5.70. The van der Waals surface area contributed by atoms with Gasteiger partial charge in [-0.15, -0.1) is 0 Å². The Bertz CT molecular complexity index is 1450. The molecular weight excluding hydrogens is 571 g/mol. The number of hydrazine groups is 1. The number of nitrogens with zero attached hydrogens (tertiary/aromatic N) is 5. The number of rotatable bonds is 9. The highest BCUT2D eigenvalue weighted by molar-refractivity contribution is 7.52. The summed E-state index contributed by atoms with van der Waals surface area (Å²) in [4.78, 5) is 24.8. The van der Waals surface area contributed by atoms with E-state index in [0.29, 0.717) is 5.02 Å². The number of benzene rings is 1. The summed E-state index contributed by atoms with van der Waals surface area (Å²) in [5, 5.41) is 26.4. The van der Waals surface area contributed by atoms with Crippen molar-refractivity contribution >= 4 is 48.2 Å². The summed E-state index contributed by atoms with van der Waals surface area (Å²) in [6.45, 7) is 4.05. The van der Waals surface area contributed by atoms with Crippen molar-refractivity contribution in [2.24, 2.45) is 5.84 Å². The highest BCUT2D eigenvalue weighted by atomic mass is 35.5. The second-order valence-electron chi connectivity index (χ2n) is 9.74. The van der Waals surface area contributed by atoms with E-state index in [-0.39, 0.29) is 28.7 Å². The molecule has 1 aliphatic rings. The molecular formula is C22H30ClN8O8P. The van der Waals surface area contributed by atoms with Gasteiger partial charge in [-0.05, 0) is 45.0 Å². The van der Waals surface area contributed by atoms with Crippen LogP contribution >= 0.6 is 19.3 Å². The minimum Gasteiger partial charge on any atom is -0.468 e. The van der Waals surface area contributed by atoms with Crippen molar-refractivity contribution in [3.05, 3.63) is 35.6 Å². The second kappa shape index (κ2) is 10.7. The Labute approximate surface area is 233 Å². The van der Waals surface area contributed by atoms with Gasteiger partial charge in [0.05, 0.1) is 13.4 Å². The van der Waals surface area contributed by atoms with Crippen LogP contribution in [-0.2, 0) is 23.4 Å². The number of nitrogens with two attached hydrogens (primary N) is 2. The van der Waals surface area contributed by atoms with Gasteiger partial charge in [-0.25, -0.2) is 15.4 Å². The van der Waals surface area contributed by atoms with Crippen molar-refractivity contribution in [3.8, 4) is 5.75 Å². The average molecular weight is 601 g/mol. The number of ether oxygens (including phenoxy) is 2. The van der Waals surface area contributed by atoms with Crippen LogP contribution in [0.1, 0.15) is 27.0 Å². The number of imidazole rings is 1. The smallest absolute Gasteiger partial charge is 0.462 e. The number of methoxy groups -OCH3 is 1. The van der Waals surface area contributed by atoms with E-state index in [1.807, 2.05) is 0 Å². The lowest BCUT2D eigenvalue weighted by molar-refractivity contribution is -0.147. The van der Waals surface area contributed by atoms with Gasteiger partial charge in [0, 0.05) is 12.1 Å². The quantitative estimate of drug-likeness (QED) is 0.100. The van der Waals surface area contributed by atoms with Gasteiger partial charge < -0.3 is 29.9 Å². The summed E-state index contributed by atoms with van der Waals surface area (Å²) >= 11 is 5.93. The molecule has 18 heteroatoms. The van der Waals surface area contributed by atoms with Crippen LogP contribution in [0.3, 0.4) is 0 Å². The fraction of sp³-hybridized carbons (Fsp3) is 0.455. The Hall–Kier alpha value is -3.08. The molecule has 0 saturated carbocycles. The first-order valence-electron chi connectivity index (χ1n) is 11.7. The van der Waals surface area contributed by atoms with Crippen molar-refractivity contribution in [2.75, 3.05) is 24.9 Å². The van der Waals surface area contributed by atoms with Crippen molar-refractivity contribution in [3.63, 3.8) is 0 Å². The maximum Gasteiger partial charge on any atom is 0.462 e. The fourth-order valence-electron chi connectivity index (χ4n) is 4.01. The molecule has 2 aromatic heterocycles. The SMILES string of the molecule is COC(=O)C(C)(C)NP(=O)(Oc1ccc(Cl)cc1)OC1O[C@@H](n2cnc3c(N(C)N)nc(N)nc32)[C@](C)(O)C1O. The highest BCUT2D eigenvalue weighted by Gasteiger charge is 2.57. The van der Waals surface area contributed by atoms with E-state index >= 15 is 0 Å². The summed E-state index contributed by atoms with van der Waals surface area (Å²) in [6.07, 6.45) is -3.62. The minimum absolute atomic E-state index is 0.0582. The number of halogens is 1. The number of aliphatic hydroxyl groups excluding tert-OH is 1. The Morgan fingerprint density at radius 1 is 1.32 bits per heavy atom. The molecule has 3 unspecified atom stereocenters. The average Bonchev–Trinajstić information content (AvgIpc) is 3.37. The number of hydrogen-bond donors (Lipinski definition) is 5. The molecule has 218 valence electrons. The third-order valence-electron chi connectivity index (χ3n) is 6.02. The Balaban J connectivity index is 1.70. The molecule has 0 bridgehead atoms. The van der Waals surface area contributed by atoms with Crippen molar-refractivity contribution in [2.45, 2.75) is 50.5 Å². The number of esters is 1. The van der Waals surface area contributed by atoms with Crippen LogP contribution < -0.4 is 26.2 Å². The molecule has 16 nitrogen and oxygen atoms in total. The van der Waals surface area contributed by atoms with Crippen molar-refractivity contribution in [1.82, 2.24) is 24.6 Å². The van der Waals surface area contributed by atoms with E-state index in [4.69, 9.17) is 41.7 Å². The lowest BCUT2D eigenvalue weighted by Gasteiger charge is -2.30. The van der Waals surface area contributed by atoms with Gasteiger partial charge in [0.1, 0.15) is 23.0 Å². The molecule has 1 aliphatic heterocycles. The maximum atomic E-state index is 14.0. The number of nitrogen functional groups attached to an aromatic ring is 1. The number of anilines is 2. The number of aliphatic hydroxyl groups is 2. The standard InChI is InChI=1S/C22H30ClN8O8P/c1-21(2,19(33)36-5)29-40(35,38-12-8-6-11(23)7-9-12)39-17-14(32)22(3,34)18(37-17)31-10-26-13-15(30(4)25)27-20(24)28-16(13)31/h6-10,14,17-18,32,34H,25H2,1-5H3,(H,29,35)(H2,24,27,28)/t14?,17?,18-,22-,40?/m1/s1. The topological polar surface area (TPSA) is 222 Å². The predicted octanol–water partition coefficient (Wildman–Crippen LogP) is 1.08.